The van der Waals surface area contributed by atoms with Gasteiger partial charge in [0.25, 0.3) is 5.91 Å². The minimum atomic E-state index is -0.0835. The van der Waals surface area contributed by atoms with Gasteiger partial charge in [0.15, 0.2) is 5.65 Å². The number of rotatable bonds is 6. The van der Waals surface area contributed by atoms with Crippen molar-refractivity contribution in [3.05, 3.63) is 23.5 Å². The second-order valence-electron chi connectivity index (χ2n) is 5.09. The van der Waals surface area contributed by atoms with Crippen molar-refractivity contribution in [2.45, 2.75) is 20.8 Å². The Labute approximate surface area is 125 Å². The lowest BCUT2D eigenvalue weighted by atomic mass is 10.2. The Kier molecular flexibility index (Phi) is 4.90. The number of pyridine rings is 1. The zero-order chi connectivity index (χ0) is 15.4. The molecule has 1 N–H and O–H groups in total. The average Bonchev–Trinajstić information content (AvgIpc) is 2.78. The van der Waals surface area contributed by atoms with E-state index >= 15 is 0 Å². The Bertz CT molecular complexity index is 630. The number of carbonyl (C=O) groups is 1. The maximum absolute atomic E-state index is 12.2. The lowest BCUT2D eigenvalue weighted by Crippen LogP contribution is -2.34. The van der Waals surface area contributed by atoms with E-state index in [-0.39, 0.29) is 5.91 Å². The summed E-state index contributed by atoms with van der Waals surface area (Å²) in [4.78, 5) is 18.8. The summed E-state index contributed by atoms with van der Waals surface area (Å²) in [7, 11) is 1.85. The molecule has 21 heavy (non-hydrogen) atoms. The fraction of sp³-hybridized carbons (Fsp3) is 0.533. The van der Waals surface area contributed by atoms with Gasteiger partial charge in [-0.1, -0.05) is 13.8 Å². The zero-order valence-electron chi connectivity index (χ0n) is 13.2. The molecule has 0 aliphatic carbocycles. The summed E-state index contributed by atoms with van der Waals surface area (Å²) in [6.07, 6.45) is 1.61. The highest BCUT2D eigenvalue weighted by Crippen LogP contribution is 2.16. The van der Waals surface area contributed by atoms with Crippen LogP contribution in [0.2, 0.25) is 0 Å². The van der Waals surface area contributed by atoms with Crippen LogP contribution in [-0.4, -0.2) is 51.8 Å². The van der Waals surface area contributed by atoms with Crippen LogP contribution in [-0.2, 0) is 7.05 Å². The van der Waals surface area contributed by atoms with E-state index in [2.05, 4.69) is 34.1 Å². The highest BCUT2D eigenvalue weighted by Gasteiger charge is 2.11. The molecule has 2 heterocycles. The number of hydrogen-bond acceptors (Lipinski definition) is 4. The molecule has 0 spiro atoms. The molecule has 0 aliphatic rings. The van der Waals surface area contributed by atoms with E-state index in [1.807, 2.05) is 20.0 Å². The minimum Gasteiger partial charge on any atom is -0.351 e. The van der Waals surface area contributed by atoms with Crippen molar-refractivity contribution in [1.82, 2.24) is 25.0 Å². The van der Waals surface area contributed by atoms with Crippen LogP contribution in [0.3, 0.4) is 0 Å². The standard InChI is InChI=1S/C15H23N5O/c1-5-20(6-2)8-7-16-15(21)12-9-13-11(3)18-19(4)14(13)17-10-12/h9-10H,5-8H2,1-4H3,(H,16,21). The molecule has 6 heteroatoms. The SMILES string of the molecule is CCN(CC)CCNC(=O)c1cnc2c(c1)c(C)nn2C. The van der Waals surface area contributed by atoms with Crippen molar-refractivity contribution in [2.24, 2.45) is 7.05 Å². The molecule has 0 radical (unpaired) electrons. The van der Waals surface area contributed by atoms with Gasteiger partial charge in [-0.3, -0.25) is 9.48 Å². The third-order valence-electron chi connectivity index (χ3n) is 3.73. The van der Waals surface area contributed by atoms with E-state index < -0.39 is 0 Å². The smallest absolute Gasteiger partial charge is 0.252 e. The van der Waals surface area contributed by atoms with E-state index in [0.29, 0.717) is 12.1 Å². The van der Waals surface area contributed by atoms with Crippen LogP contribution in [0.4, 0.5) is 0 Å². The molecule has 0 atom stereocenters. The van der Waals surface area contributed by atoms with Crippen molar-refractivity contribution in [3.8, 4) is 0 Å². The van der Waals surface area contributed by atoms with Crippen LogP contribution in [0.15, 0.2) is 12.3 Å². The van der Waals surface area contributed by atoms with E-state index in [0.717, 1.165) is 36.4 Å². The summed E-state index contributed by atoms with van der Waals surface area (Å²) in [6.45, 7) is 9.66. The molecule has 0 unspecified atom stereocenters. The number of hydrogen-bond donors (Lipinski definition) is 1. The lowest BCUT2D eigenvalue weighted by molar-refractivity contribution is 0.0948. The Hall–Kier alpha value is -1.95. The van der Waals surface area contributed by atoms with Gasteiger partial charge in [-0.2, -0.15) is 5.10 Å². The lowest BCUT2D eigenvalue weighted by Gasteiger charge is -2.17. The van der Waals surface area contributed by atoms with E-state index in [1.54, 1.807) is 10.9 Å². The van der Waals surface area contributed by atoms with Gasteiger partial charge < -0.3 is 10.2 Å². The number of nitrogens with one attached hydrogen (secondary N) is 1. The van der Waals surface area contributed by atoms with Crippen LogP contribution in [0, 0.1) is 6.92 Å². The van der Waals surface area contributed by atoms with Crippen LogP contribution >= 0.6 is 0 Å². The molecule has 2 aromatic rings. The largest absolute Gasteiger partial charge is 0.351 e. The predicted octanol–water partition coefficient (Wildman–Crippen LogP) is 1.35. The molecule has 0 bridgehead atoms. The van der Waals surface area contributed by atoms with Crippen LogP contribution in [0.25, 0.3) is 11.0 Å². The Morgan fingerprint density at radius 3 is 2.76 bits per heavy atom. The second-order valence-corrected chi connectivity index (χ2v) is 5.09. The molecular weight excluding hydrogens is 266 g/mol. The van der Waals surface area contributed by atoms with Gasteiger partial charge in [0.2, 0.25) is 0 Å². The van der Waals surface area contributed by atoms with Gasteiger partial charge in [0, 0.05) is 31.7 Å². The van der Waals surface area contributed by atoms with Crippen molar-refractivity contribution in [1.29, 1.82) is 0 Å². The number of nitrogens with zero attached hydrogens (tertiary/aromatic N) is 4. The summed E-state index contributed by atoms with van der Waals surface area (Å²) in [6, 6.07) is 1.86. The first kappa shape index (κ1) is 15.4. The molecule has 2 rings (SSSR count). The summed E-state index contributed by atoms with van der Waals surface area (Å²) in [5.41, 5.74) is 2.27. The van der Waals surface area contributed by atoms with Crippen LogP contribution < -0.4 is 5.32 Å². The summed E-state index contributed by atoms with van der Waals surface area (Å²) in [5, 5.41) is 8.18. The molecule has 0 saturated heterocycles. The number of likely N-dealkylation sites (N-methyl/N-ethyl adjacent to an activating group) is 1. The topological polar surface area (TPSA) is 63.1 Å². The molecule has 1 amide bonds. The fourth-order valence-corrected chi connectivity index (χ4v) is 2.40. The van der Waals surface area contributed by atoms with Gasteiger partial charge in [0.1, 0.15) is 0 Å². The van der Waals surface area contributed by atoms with Gasteiger partial charge >= 0.3 is 0 Å². The van der Waals surface area contributed by atoms with Crippen LogP contribution in [0.5, 0.6) is 0 Å². The highest BCUT2D eigenvalue weighted by atomic mass is 16.1. The molecule has 0 fully saturated rings. The monoisotopic (exact) mass is 289 g/mol. The molecule has 0 aromatic carbocycles. The van der Waals surface area contributed by atoms with E-state index in [1.165, 1.54) is 0 Å². The first-order valence-electron chi connectivity index (χ1n) is 7.36. The molecule has 6 nitrogen and oxygen atoms in total. The maximum Gasteiger partial charge on any atom is 0.252 e. The first-order valence-corrected chi connectivity index (χ1v) is 7.36. The van der Waals surface area contributed by atoms with Crippen molar-refractivity contribution < 1.29 is 4.79 Å². The first-order chi connectivity index (χ1) is 10.1. The summed E-state index contributed by atoms with van der Waals surface area (Å²) >= 11 is 0. The van der Waals surface area contributed by atoms with Crippen molar-refractivity contribution in [3.63, 3.8) is 0 Å². The molecule has 0 aliphatic heterocycles. The molecule has 2 aromatic heterocycles. The quantitative estimate of drug-likeness (QED) is 0.872. The Balaban J connectivity index is 2.04. The predicted molar refractivity (Wildman–Crippen MR) is 83.4 cm³/mol. The van der Waals surface area contributed by atoms with Crippen molar-refractivity contribution in [2.75, 3.05) is 26.2 Å². The fourth-order valence-electron chi connectivity index (χ4n) is 2.40. The van der Waals surface area contributed by atoms with Gasteiger partial charge in [0.05, 0.1) is 11.3 Å². The number of amides is 1. The number of aryl methyl sites for hydroxylation is 2. The number of aromatic nitrogens is 3. The Morgan fingerprint density at radius 1 is 1.38 bits per heavy atom. The summed E-state index contributed by atoms with van der Waals surface area (Å²) in [5.74, 6) is -0.0835. The normalized spacial score (nSPS) is 11.3. The zero-order valence-corrected chi connectivity index (χ0v) is 13.2. The third kappa shape index (κ3) is 3.39. The van der Waals surface area contributed by atoms with E-state index in [9.17, 15) is 4.79 Å². The number of carbonyl (C=O) groups excluding carboxylic acids is 1. The third-order valence-corrected chi connectivity index (χ3v) is 3.73. The number of fused-ring (bicyclic) bond motifs is 1. The molecular formula is C15H23N5O. The van der Waals surface area contributed by atoms with Gasteiger partial charge in [-0.05, 0) is 26.1 Å². The van der Waals surface area contributed by atoms with Gasteiger partial charge in [-0.15, -0.1) is 0 Å². The second kappa shape index (κ2) is 6.67. The van der Waals surface area contributed by atoms with Crippen LogP contribution in [0.1, 0.15) is 29.9 Å². The molecule has 114 valence electrons. The van der Waals surface area contributed by atoms with Gasteiger partial charge in [-0.25, -0.2) is 4.98 Å². The summed E-state index contributed by atoms with van der Waals surface area (Å²) < 4.78 is 1.73. The molecule has 0 saturated carbocycles. The Morgan fingerprint density at radius 2 is 2.10 bits per heavy atom. The van der Waals surface area contributed by atoms with Crippen molar-refractivity contribution >= 4 is 16.9 Å². The van der Waals surface area contributed by atoms with E-state index in [4.69, 9.17) is 0 Å². The minimum absolute atomic E-state index is 0.0835. The highest BCUT2D eigenvalue weighted by molar-refractivity contribution is 5.97. The maximum atomic E-state index is 12.2. The average molecular weight is 289 g/mol.